The molecule has 0 radical (unpaired) electrons. The van der Waals surface area contributed by atoms with Crippen molar-refractivity contribution in [2.75, 3.05) is 6.54 Å². The topological polar surface area (TPSA) is 182 Å². The number of nitrogens with zero attached hydrogens (tertiary/aromatic N) is 3. The lowest BCUT2D eigenvalue weighted by atomic mass is 9.86. The Morgan fingerprint density at radius 2 is 1.81 bits per heavy atom. The van der Waals surface area contributed by atoms with E-state index in [0.29, 0.717) is 40.8 Å². The number of fused-ring (bicyclic) bond motifs is 3. The highest BCUT2D eigenvalue weighted by Crippen LogP contribution is 2.41. The van der Waals surface area contributed by atoms with Gasteiger partial charge in [0.1, 0.15) is 11.4 Å². The van der Waals surface area contributed by atoms with Crippen LogP contribution in [0.25, 0.3) is 22.4 Å². The fourth-order valence-corrected chi connectivity index (χ4v) is 3.81. The number of benzene rings is 2. The number of aromatic hydroxyl groups is 1. The van der Waals surface area contributed by atoms with E-state index in [1.807, 2.05) is 0 Å². The van der Waals surface area contributed by atoms with Crippen molar-refractivity contribution in [3.8, 4) is 28.1 Å². The summed E-state index contributed by atoms with van der Waals surface area (Å²) in [6, 6.07) is 9.33. The first-order valence-corrected chi connectivity index (χ1v) is 10.3. The van der Waals surface area contributed by atoms with E-state index in [1.54, 1.807) is 24.3 Å². The van der Waals surface area contributed by atoms with Crippen molar-refractivity contribution < 1.29 is 43.0 Å². The van der Waals surface area contributed by atoms with Crippen LogP contribution in [0.2, 0.25) is 0 Å². The number of hydrogen-bond donors (Lipinski definition) is 4. The third kappa shape index (κ3) is 5.27. The number of rotatable bonds is 5. The molecule has 0 amide bonds. The molecule has 0 aliphatic heterocycles. The molecular weight excluding hydrogens is 489 g/mol. The molecule has 1 aromatic heterocycles. The van der Waals surface area contributed by atoms with Gasteiger partial charge in [0.2, 0.25) is 0 Å². The highest BCUT2D eigenvalue weighted by atomic mass is 19.4. The van der Waals surface area contributed by atoms with Crippen molar-refractivity contribution in [1.82, 2.24) is 9.78 Å². The van der Waals surface area contributed by atoms with Gasteiger partial charge in [0, 0.05) is 35.4 Å². The number of phenolic OH excluding ortho intramolecular Hbond substituents is 1. The number of aliphatic carboxylic acids is 1. The van der Waals surface area contributed by atoms with Gasteiger partial charge in [0.25, 0.3) is 5.69 Å². The van der Waals surface area contributed by atoms with Crippen molar-refractivity contribution in [2.45, 2.75) is 25.6 Å². The zero-order chi connectivity index (χ0) is 26.8. The highest BCUT2D eigenvalue weighted by molar-refractivity contribution is 5.92. The number of nitro groups is 1. The highest BCUT2D eigenvalue weighted by Gasteiger charge is 2.38. The van der Waals surface area contributed by atoms with Crippen LogP contribution < -0.4 is 5.73 Å². The second kappa shape index (κ2) is 10.0. The molecule has 11 nitrogen and oxygen atoms in total. The molecule has 3 aromatic rings. The van der Waals surface area contributed by atoms with Crippen molar-refractivity contribution in [1.29, 1.82) is 0 Å². The zero-order valence-corrected chi connectivity index (χ0v) is 18.3. The summed E-state index contributed by atoms with van der Waals surface area (Å²) in [5.41, 5.74) is 9.29. The van der Waals surface area contributed by atoms with Crippen LogP contribution in [0.5, 0.6) is 5.75 Å². The van der Waals surface area contributed by atoms with Gasteiger partial charge in [-0.25, -0.2) is 9.59 Å². The molecule has 1 heterocycles. The Labute approximate surface area is 200 Å². The van der Waals surface area contributed by atoms with Crippen LogP contribution in [0.4, 0.5) is 18.9 Å². The van der Waals surface area contributed by atoms with Crippen molar-refractivity contribution in [3.63, 3.8) is 0 Å². The van der Waals surface area contributed by atoms with Gasteiger partial charge < -0.3 is 21.1 Å². The van der Waals surface area contributed by atoms with E-state index in [-0.39, 0.29) is 30.2 Å². The number of carboxylic acid groups (broad SMARTS) is 2. The van der Waals surface area contributed by atoms with Crippen molar-refractivity contribution >= 4 is 17.6 Å². The lowest BCUT2D eigenvalue weighted by Gasteiger charge is -2.18. The Hall–Kier alpha value is -4.46. The van der Waals surface area contributed by atoms with Crippen molar-refractivity contribution in [2.24, 2.45) is 5.73 Å². The summed E-state index contributed by atoms with van der Waals surface area (Å²) in [6.07, 6.45) is -4.04. The molecule has 14 heteroatoms. The maximum Gasteiger partial charge on any atom is 0.490 e. The smallest absolute Gasteiger partial charge is 0.490 e. The molecule has 0 fully saturated rings. The first kappa shape index (κ1) is 26.2. The molecule has 0 saturated carbocycles. The number of alkyl halides is 3. The molecule has 0 bridgehead atoms. The van der Waals surface area contributed by atoms with E-state index < -0.39 is 23.0 Å². The third-order valence-corrected chi connectivity index (χ3v) is 5.33. The second-order valence-electron chi connectivity index (χ2n) is 7.63. The molecule has 0 unspecified atom stereocenters. The van der Waals surface area contributed by atoms with E-state index >= 15 is 0 Å². The molecular formula is C22H19F3N4O7. The Morgan fingerprint density at radius 3 is 2.36 bits per heavy atom. The lowest BCUT2D eigenvalue weighted by Crippen LogP contribution is -2.21. The number of nitro benzene ring substituents is 1. The van der Waals surface area contributed by atoms with Gasteiger partial charge in [-0.3, -0.25) is 14.8 Å². The first-order valence-electron chi connectivity index (χ1n) is 10.3. The minimum absolute atomic E-state index is 0.00699. The minimum atomic E-state index is -5.08. The summed E-state index contributed by atoms with van der Waals surface area (Å²) < 4.78 is 33.1. The van der Waals surface area contributed by atoms with Gasteiger partial charge in [-0.1, -0.05) is 12.1 Å². The van der Waals surface area contributed by atoms with Crippen molar-refractivity contribution in [3.05, 3.63) is 63.3 Å². The van der Waals surface area contributed by atoms with Crippen LogP contribution >= 0.6 is 0 Å². The van der Waals surface area contributed by atoms with E-state index in [4.69, 9.17) is 15.6 Å². The molecule has 0 atom stereocenters. The standard InChI is InChI=1S/C20H18N4O5.C2HF3O2/c21-6-7-23-19(20(26)27)14-5-4-12-9-17(25)15(10-16(12)18(14)22-23)11-2-1-3-13(8-11)24(28)29;3-2(4,5)1(6)7/h1-3,8-10,25H,4-7,21H2,(H,26,27);(H,6,7). The Kier molecular flexibility index (Phi) is 7.29. The zero-order valence-electron chi connectivity index (χ0n) is 18.3. The molecule has 0 saturated heterocycles. The number of phenols is 1. The fraction of sp³-hybridized carbons (Fsp3) is 0.227. The van der Waals surface area contributed by atoms with Gasteiger partial charge in [0.05, 0.1) is 17.2 Å². The first-order chi connectivity index (χ1) is 16.8. The summed E-state index contributed by atoms with van der Waals surface area (Å²) in [6.45, 7) is 0.530. The fourth-order valence-electron chi connectivity index (χ4n) is 3.81. The number of carbonyl (C=O) groups is 2. The predicted molar refractivity (Wildman–Crippen MR) is 119 cm³/mol. The number of aromatic nitrogens is 2. The maximum atomic E-state index is 11.8. The molecule has 190 valence electrons. The Balaban J connectivity index is 0.000000454. The van der Waals surface area contributed by atoms with E-state index in [0.717, 1.165) is 5.56 Å². The van der Waals surface area contributed by atoms with E-state index in [1.165, 1.54) is 16.8 Å². The lowest BCUT2D eigenvalue weighted by molar-refractivity contribution is -0.384. The number of non-ortho nitro benzene ring substituents is 1. The van der Waals surface area contributed by atoms with Gasteiger partial charge in [0.15, 0.2) is 0 Å². The van der Waals surface area contributed by atoms with E-state index in [9.17, 15) is 38.3 Å². The predicted octanol–water partition coefficient (Wildman–Crippen LogP) is 3.22. The summed E-state index contributed by atoms with van der Waals surface area (Å²) in [7, 11) is 0. The van der Waals surface area contributed by atoms with Gasteiger partial charge in [-0.2, -0.15) is 18.3 Å². The maximum absolute atomic E-state index is 11.8. The van der Waals surface area contributed by atoms with Gasteiger partial charge in [-0.15, -0.1) is 0 Å². The summed E-state index contributed by atoms with van der Waals surface area (Å²) in [5.74, 6) is -3.81. The Bertz CT molecular complexity index is 1350. The summed E-state index contributed by atoms with van der Waals surface area (Å²) in [5, 5.41) is 42.9. The third-order valence-electron chi connectivity index (χ3n) is 5.33. The monoisotopic (exact) mass is 508 g/mol. The molecule has 4 rings (SSSR count). The Morgan fingerprint density at radius 1 is 1.14 bits per heavy atom. The number of aryl methyl sites for hydroxylation is 1. The molecule has 0 spiro atoms. The van der Waals surface area contributed by atoms with Crippen LogP contribution in [-0.2, 0) is 24.2 Å². The van der Waals surface area contributed by atoms with Gasteiger partial charge >= 0.3 is 18.1 Å². The molecule has 1 aliphatic carbocycles. The molecule has 5 N–H and O–H groups in total. The number of halogens is 3. The molecule has 1 aliphatic rings. The summed E-state index contributed by atoms with van der Waals surface area (Å²) in [4.78, 5) is 31.3. The largest absolute Gasteiger partial charge is 0.507 e. The minimum Gasteiger partial charge on any atom is -0.507 e. The molecule has 2 aromatic carbocycles. The quantitative estimate of drug-likeness (QED) is 0.297. The summed E-state index contributed by atoms with van der Waals surface area (Å²) >= 11 is 0. The number of nitrogens with two attached hydrogens (primary N) is 1. The van der Waals surface area contributed by atoms with Gasteiger partial charge in [-0.05, 0) is 36.1 Å². The van der Waals surface area contributed by atoms with Crippen LogP contribution in [0.1, 0.15) is 21.6 Å². The van der Waals surface area contributed by atoms with Crippen LogP contribution in [0.15, 0.2) is 36.4 Å². The average Bonchev–Trinajstić information content (AvgIpc) is 3.17. The molecule has 36 heavy (non-hydrogen) atoms. The van der Waals surface area contributed by atoms with Crippen LogP contribution in [0.3, 0.4) is 0 Å². The number of hydrogen-bond acceptors (Lipinski definition) is 7. The number of aromatic carboxylic acids is 1. The normalized spacial score (nSPS) is 12.1. The SMILES string of the molecule is NCCn1nc2c(c1C(=O)O)CCc1cc(O)c(-c3cccc([N+](=O)[O-])c3)cc1-2.O=C(O)C(F)(F)F. The number of carboxylic acids is 2. The van der Waals surface area contributed by atoms with Crippen LogP contribution in [0, 0.1) is 10.1 Å². The average molecular weight is 508 g/mol. The van der Waals surface area contributed by atoms with Crippen LogP contribution in [-0.4, -0.2) is 54.7 Å². The van der Waals surface area contributed by atoms with E-state index in [2.05, 4.69) is 5.10 Å². The second-order valence-corrected chi connectivity index (χ2v) is 7.63.